The quantitative estimate of drug-likeness (QED) is 0.721. The normalized spacial score (nSPS) is 33.8. The Morgan fingerprint density at radius 2 is 2.14 bits per heavy atom. The first-order valence-electron chi connectivity index (χ1n) is 5.73. The Kier molecular flexibility index (Phi) is 3.06. The van der Waals surface area contributed by atoms with Gasteiger partial charge < -0.3 is 10.0 Å². The summed E-state index contributed by atoms with van der Waals surface area (Å²) >= 11 is 0. The van der Waals surface area contributed by atoms with E-state index in [0.29, 0.717) is 24.3 Å². The number of rotatable bonds is 2. The van der Waals surface area contributed by atoms with Crippen molar-refractivity contribution in [1.29, 1.82) is 0 Å². The molecule has 0 bridgehead atoms. The predicted molar refractivity (Wildman–Crippen MR) is 53.8 cm³/mol. The highest BCUT2D eigenvalue weighted by atomic mass is 16.3. The molecule has 1 heterocycles. The van der Waals surface area contributed by atoms with Crippen LogP contribution in [0.25, 0.3) is 0 Å². The van der Waals surface area contributed by atoms with Gasteiger partial charge in [0.1, 0.15) is 0 Å². The molecule has 1 aliphatic carbocycles. The van der Waals surface area contributed by atoms with Crippen molar-refractivity contribution in [2.45, 2.75) is 44.6 Å². The van der Waals surface area contributed by atoms with Crippen molar-refractivity contribution < 1.29 is 9.90 Å². The molecule has 0 aromatic heterocycles. The van der Waals surface area contributed by atoms with E-state index in [2.05, 4.69) is 0 Å². The van der Waals surface area contributed by atoms with Gasteiger partial charge in [0.15, 0.2) is 0 Å². The fraction of sp³-hybridized carbons (Fsp3) is 0.909. The number of likely N-dealkylation sites (tertiary alicyclic amines) is 1. The monoisotopic (exact) mass is 197 g/mol. The first-order chi connectivity index (χ1) is 6.83. The van der Waals surface area contributed by atoms with Crippen LogP contribution in [0.15, 0.2) is 0 Å². The minimum Gasteiger partial charge on any atom is -0.396 e. The zero-order valence-corrected chi connectivity index (χ0v) is 8.61. The van der Waals surface area contributed by atoms with Gasteiger partial charge in [-0.05, 0) is 25.7 Å². The van der Waals surface area contributed by atoms with Gasteiger partial charge >= 0.3 is 0 Å². The summed E-state index contributed by atoms with van der Waals surface area (Å²) in [5, 5.41) is 9.22. The zero-order valence-electron chi connectivity index (χ0n) is 8.61. The molecule has 1 saturated carbocycles. The third-order valence-electron chi connectivity index (χ3n) is 3.61. The van der Waals surface area contributed by atoms with Crippen molar-refractivity contribution >= 4 is 5.91 Å². The Bertz CT molecular complexity index is 217. The van der Waals surface area contributed by atoms with Gasteiger partial charge in [0, 0.05) is 31.5 Å². The largest absolute Gasteiger partial charge is 0.396 e. The van der Waals surface area contributed by atoms with Gasteiger partial charge in [0.2, 0.25) is 5.91 Å². The Hall–Kier alpha value is -0.570. The smallest absolute Gasteiger partial charge is 0.222 e. The Morgan fingerprint density at radius 1 is 1.29 bits per heavy atom. The summed E-state index contributed by atoms with van der Waals surface area (Å²) in [6.45, 7) is 1.16. The molecule has 1 N–H and O–H groups in total. The molecule has 0 spiro atoms. The third kappa shape index (κ3) is 1.78. The minimum atomic E-state index is 0.244. The summed E-state index contributed by atoms with van der Waals surface area (Å²) in [6, 6.07) is 0.341. The van der Waals surface area contributed by atoms with Crippen molar-refractivity contribution in [2.24, 2.45) is 5.92 Å². The average Bonchev–Trinajstić information content (AvgIpc) is 2.66. The second-order valence-electron chi connectivity index (χ2n) is 4.49. The Morgan fingerprint density at radius 3 is 2.86 bits per heavy atom. The molecule has 1 saturated heterocycles. The number of hydrogen-bond acceptors (Lipinski definition) is 2. The Labute approximate surface area is 85.1 Å². The van der Waals surface area contributed by atoms with Gasteiger partial charge in [0.25, 0.3) is 0 Å². The molecule has 2 rings (SSSR count). The highest BCUT2D eigenvalue weighted by Gasteiger charge is 2.34. The molecule has 0 aromatic rings. The number of piperidine rings is 1. The van der Waals surface area contributed by atoms with E-state index in [1.807, 2.05) is 4.90 Å². The molecule has 14 heavy (non-hydrogen) atoms. The number of hydrogen-bond donors (Lipinski definition) is 1. The maximum atomic E-state index is 11.7. The minimum absolute atomic E-state index is 0.244. The first kappa shape index (κ1) is 9.97. The highest BCUT2D eigenvalue weighted by Crippen LogP contribution is 2.31. The standard InChI is InChI=1S/C11H19NO2/c13-8-9-4-3-5-10(9)12-7-2-1-6-11(12)14/h9-10,13H,1-8H2. The summed E-state index contributed by atoms with van der Waals surface area (Å²) < 4.78 is 0. The number of carbonyl (C=O) groups is 1. The molecule has 0 aromatic carbocycles. The van der Waals surface area contributed by atoms with E-state index in [1.165, 1.54) is 6.42 Å². The van der Waals surface area contributed by atoms with Crippen LogP contribution in [0.1, 0.15) is 38.5 Å². The van der Waals surface area contributed by atoms with Gasteiger partial charge in [-0.25, -0.2) is 0 Å². The molecule has 2 atom stereocenters. The lowest BCUT2D eigenvalue weighted by molar-refractivity contribution is -0.136. The molecule has 1 aliphatic heterocycles. The van der Waals surface area contributed by atoms with E-state index in [4.69, 9.17) is 0 Å². The molecule has 0 radical (unpaired) electrons. The van der Waals surface area contributed by atoms with Gasteiger partial charge in [-0.1, -0.05) is 6.42 Å². The van der Waals surface area contributed by atoms with Crippen LogP contribution in [0, 0.1) is 5.92 Å². The van der Waals surface area contributed by atoms with Crippen LogP contribution in [-0.4, -0.2) is 35.1 Å². The number of carbonyl (C=O) groups excluding carboxylic acids is 1. The molecule has 3 heteroatoms. The van der Waals surface area contributed by atoms with Crippen molar-refractivity contribution in [3.05, 3.63) is 0 Å². The Balaban J connectivity index is 2.01. The number of aliphatic hydroxyl groups excluding tert-OH is 1. The lowest BCUT2D eigenvalue weighted by Gasteiger charge is -2.35. The predicted octanol–water partition coefficient (Wildman–Crippen LogP) is 1.16. The van der Waals surface area contributed by atoms with Crippen LogP contribution in [0.5, 0.6) is 0 Å². The van der Waals surface area contributed by atoms with Gasteiger partial charge in [-0.15, -0.1) is 0 Å². The molecule has 1 amide bonds. The van der Waals surface area contributed by atoms with E-state index in [1.54, 1.807) is 0 Å². The molecule has 3 nitrogen and oxygen atoms in total. The van der Waals surface area contributed by atoms with E-state index in [-0.39, 0.29) is 6.61 Å². The second kappa shape index (κ2) is 4.30. The van der Waals surface area contributed by atoms with Crippen LogP contribution in [-0.2, 0) is 4.79 Å². The van der Waals surface area contributed by atoms with Crippen molar-refractivity contribution in [2.75, 3.05) is 13.2 Å². The lowest BCUT2D eigenvalue weighted by atomic mass is 10.00. The van der Waals surface area contributed by atoms with Crippen molar-refractivity contribution in [3.63, 3.8) is 0 Å². The average molecular weight is 197 g/mol. The van der Waals surface area contributed by atoms with Crippen LogP contribution >= 0.6 is 0 Å². The molecule has 2 aliphatic rings. The number of nitrogens with zero attached hydrogens (tertiary/aromatic N) is 1. The summed E-state index contributed by atoms with van der Waals surface area (Å²) in [5.74, 6) is 0.652. The van der Waals surface area contributed by atoms with E-state index in [0.717, 1.165) is 32.2 Å². The fourth-order valence-electron chi connectivity index (χ4n) is 2.82. The topological polar surface area (TPSA) is 40.5 Å². The third-order valence-corrected chi connectivity index (χ3v) is 3.61. The molecule has 2 fully saturated rings. The maximum absolute atomic E-state index is 11.7. The molecular weight excluding hydrogens is 178 g/mol. The number of aliphatic hydroxyl groups is 1. The molecular formula is C11H19NO2. The van der Waals surface area contributed by atoms with E-state index < -0.39 is 0 Å². The van der Waals surface area contributed by atoms with Gasteiger partial charge in [-0.3, -0.25) is 4.79 Å². The van der Waals surface area contributed by atoms with Crippen LogP contribution in [0.2, 0.25) is 0 Å². The molecule has 2 unspecified atom stereocenters. The fourth-order valence-corrected chi connectivity index (χ4v) is 2.82. The van der Waals surface area contributed by atoms with Crippen LogP contribution in [0.3, 0.4) is 0 Å². The summed E-state index contributed by atoms with van der Waals surface area (Å²) in [7, 11) is 0. The maximum Gasteiger partial charge on any atom is 0.222 e. The van der Waals surface area contributed by atoms with Crippen molar-refractivity contribution in [3.8, 4) is 0 Å². The van der Waals surface area contributed by atoms with Crippen molar-refractivity contribution in [1.82, 2.24) is 4.90 Å². The lowest BCUT2D eigenvalue weighted by Crippen LogP contribution is -2.45. The van der Waals surface area contributed by atoms with Crippen LogP contribution in [0.4, 0.5) is 0 Å². The zero-order chi connectivity index (χ0) is 9.97. The SMILES string of the molecule is O=C1CCCCN1C1CCCC1CO. The first-order valence-corrected chi connectivity index (χ1v) is 5.73. The highest BCUT2D eigenvalue weighted by molar-refractivity contribution is 5.77. The molecule has 80 valence electrons. The number of amides is 1. The van der Waals surface area contributed by atoms with E-state index in [9.17, 15) is 9.90 Å². The summed E-state index contributed by atoms with van der Waals surface area (Å²) in [4.78, 5) is 13.7. The van der Waals surface area contributed by atoms with Gasteiger partial charge in [0.05, 0.1) is 0 Å². The second-order valence-corrected chi connectivity index (χ2v) is 4.49. The summed E-state index contributed by atoms with van der Waals surface area (Å²) in [6.07, 6.45) is 6.25. The van der Waals surface area contributed by atoms with E-state index >= 15 is 0 Å². The summed E-state index contributed by atoms with van der Waals surface area (Å²) in [5.41, 5.74) is 0. The van der Waals surface area contributed by atoms with Gasteiger partial charge in [-0.2, -0.15) is 0 Å². The van der Waals surface area contributed by atoms with Crippen LogP contribution < -0.4 is 0 Å².